The van der Waals surface area contributed by atoms with E-state index < -0.39 is 28.7 Å². The minimum Gasteiger partial charge on any atom is -0.457 e. The number of hydrogen-bond acceptors (Lipinski definition) is 7. The number of ether oxygens (including phenoxy) is 2. The van der Waals surface area contributed by atoms with E-state index in [1.165, 1.54) is 29.2 Å². The first-order chi connectivity index (χ1) is 14.0. The quantitative estimate of drug-likeness (QED) is 0.419. The van der Waals surface area contributed by atoms with Gasteiger partial charge in [0.2, 0.25) is 5.91 Å². The van der Waals surface area contributed by atoms with Crippen molar-refractivity contribution in [1.29, 1.82) is 0 Å². The van der Waals surface area contributed by atoms with Gasteiger partial charge in [0, 0.05) is 38.1 Å². The lowest BCUT2D eigenvalue weighted by Crippen LogP contribution is -2.42. The highest BCUT2D eigenvalue weighted by Gasteiger charge is 2.41. The van der Waals surface area contributed by atoms with Crippen molar-refractivity contribution in [3.05, 3.63) is 39.9 Å². The Morgan fingerprint density at radius 1 is 1.17 bits per heavy atom. The van der Waals surface area contributed by atoms with Crippen molar-refractivity contribution in [3.63, 3.8) is 0 Å². The number of nitrogens with zero attached hydrogens (tertiary/aromatic N) is 3. The molecule has 0 unspecified atom stereocenters. The van der Waals surface area contributed by atoms with Gasteiger partial charge in [0.05, 0.1) is 23.1 Å². The number of fused-ring (bicyclic) bond motifs is 1. The second kappa shape index (κ2) is 8.29. The van der Waals surface area contributed by atoms with Crippen molar-refractivity contribution in [2.45, 2.75) is 51.4 Å². The molecular formula is C20H25N3O7. The molecule has 30 heavy (non-hydrogen) atoms. The van der Waals surface area contributed by atoms with Gasteiger partial charge in [0.15, 0.2) is 0 Å². The molecule has 2 aliphatic rings. The Kier molecular flexibility index (Phi) is 5.95. The van der Waals surface area contributed by atoms with Crippen molar-refractivity contribution < 1.29 is 28.8 Å². The van der Waals surface area contributed by atoms with Gasteiger partial charge in [-0.2, -0.15) is 0 Å². The first-order valence-electron chi connectivity index (χ1n) is 9.76. The zero-order valence-corrected chi connectivity index (χ0v) is 17.2. The van der Waals surface area contributed by atoms with Crippen molar-refractivity contribution in [3.8, 4) is 0 Å². The van der Waals surface area contributed by atoms with Crippen LogP contribution in [-0.2, 0) is 14.3 Å². The zero-order valence-electron chi connectivity index (χ0n) is 17.2. The van der Waals surface area contributed by atoms with Gasteiger partial charge in [-0.15, -0.1) is 0 Å². The van der Waals surface area contributed by atoms with Gasteiger partial charge in [0.25, 0.3) is 5.69 Å². The number of esters is 1. The maximum absolute atomic E-state index is 12.5. The Labute approximate surface area is 173 Å². The summed E-state index contributed by atoms with van der Waals surface area (Å²) in [7, 11) is 0. The highest BCUT2D eigenvalue weighted by Crippen LogP contribution is 2.26. The minimum absolute atomic E-state index is 0.0973. The Balaban J connectivity index is 1.63. The van der Waals surface area contributed by atoms with Crippen molar-refractivity contribution >= 4 is 23.7 Å². The number of carbonyl (C=O) groups is 3. The number of nitro benzene ring substituents is 1. The van der Waals surface area contributed by atoms with Crippen LogP contribution in [0.5, 0.6) is 0 Å². The highest BCUT2D eigenvalue weighted by atomic mass is 16.6. The van der Waals surface area contributed by atoms with Crippen molar-refractivity contribution in [1.82, 2.24) is 9.80 Å². The lowest BCUT2D eigenvalue weighted by molar-refractivity contribution is -0.384. The maximum atomic E-state index is 12.5. The Hall–Kier alpha value is -3.17. The lowest BCUT2D eigenvalue weighted by atomic mass is 10.1. The van der Waals surface area contributed by atoms with Crippen molar-refractivity contribution in [2.75, 3.05) is 19.6 Å². The van der Waals surface area contributed by atoms with Gasteiger partial charge in [-0.25, -0.2) is 9.59 Å². The number of carbonyl (C=O) groups excluding carboxylic acids is 3. The van der Waals surface area contributed by atoms with E-state index >= 15 is 0 Å². The fraction of sp³-hybridized carbons (Fsp3) is 0.550. The average molecular weight is 419 g/mol. The van der Waals surface area contributed by atoms with Crippen LogP contribution in [-0.4, -0.2) is 70.1 Å². The molecule has 2 amide bonds. The third-order valence-electron chi connectivity index (χ3n) is 4.96. The second-order valence-electron chi connectivity index (χ2n) is 8.44. The molecule has 162 valence electrons. The molecule has 2 atom stereocenters. The van der Waals surface area contributed by atoms with E-state index in [1.54, 1.807) is 25.7 Å². The van der Waals surface area contributed by atoms with Gasteiger partial charge in [-0.05, 0) is 32.9 Å². The van der Waals surface area contributed by atoms with Crippen molar-refractivity contribution in [2.24, 2.45) is 0 Å². The molecule has 10 nitrogen and oxygen atoms in total. The summed E-state index contributed by atoms with van der Waals surface area (Å²) in [4.78, 5) is 50.7. The normalized spacial score (nSPS) is 21.6. The van der Waals surface area contributed by atoms with Gasteiger partial charge < -0.3 is 19.3 Å². The van der Waals surface area contributed by atoms with E-state index in [0.29, 0.717) is 13.0 Å². The number of rotatable bonds is 3. The molecule has 2 heterocycles. The van der Waals surface area contributed by atoms with Crippen LogP contribution < -0.4 is 0 Å². The number of non-ortho nitro benzene ring substituents is 1. The molecule has 2 saturated heterocycles. The average Bonchev–Trinajstić information content (AvgIpc) is 2.98. The largest absolute Gasteiger partial charge is 0.457 e. The molecule has 3 rings (SSSR count). The lowest BCUT2D eigenvalue weighted by Gasteiger charge is -2.28. The Bertz CT molecular complexity index is 847. The molecule has 0 spiro atoms. The predicted octanol–water partition coefficient (Wildman–Crippen LogP) is 2.36. The molecule has 0 bridgehead atoms. The smallest absolute Gasteiger partial charge is 0.410 e. The summed E-state index contributed by atoms with van der Waals surface area (Å²) in [5, 5.41) is 10.7. The van der Waals surface area contributed by atoms with Crippen LogP contribution in [0.25, 0.3) is 0 Å². The maximum Gasteiger partial charge on any atom is 0.410 e. The monoisotopic (exact) mass is 419 g/mol. The van der Waals surface area contributed by atoms with Crippen LogP contribution in [0.4, 0.5) is 10.5 Å². The molecule has 10 heteroatoms. The third kappa shape index (κ3) is 5.05. The molecule has 0 N–H and O–H groups in total. The number of hydrogen-bond donors (Lipinski definition) is 0. The predicted molar refractivity (Wildman–Crippen MR) is 105 cm³/mol. The summed E-state index contributed by atoms with van der Waals surface area (Å²) < 4.78 is 10.9. The van der Waals surface area contributed by atoms with E-state index in [9.17, 15) is 24.5 Å². The Morgan fingerprint density at radius 3 is 2.43 bits per heavy atom. The SMILES string of the molecule is CC(C)(C)OC(=O)N1CCC(=O)N2C[C@@H](OC(=O)c3ccc([N+](=O)[O-])cc3)C[C@H]2C1. The molecular weight excluding hydrogens is 394 g/mol. The first kappa shape index (κ1) is 21.5. The van der Waals surface area contributed by atoms with Crippen LogP contribution in [0.2, 0.25) is 0 Å². The summed E-state index contributed by atoms with van der Waals surface area (Å²) in [5.74, 6) is -0.705. The van der Waals surface area contributed by atoms with Gasteiger partial charge in [0.1, 0.15) is 11.7 Å². The molecule has 2 aliphatic heterocycles. The second-order valence-corrected chi connectivity index (χ2v) is 8.44. The van der Waals surface area contributed by atoms with E-state index in [1.807, 2.05) is 0 Å². The van der Waals surface area contributed by atoms with Gasteiger partial charge in [-0.1, -0.05) is 0 Å². The number of benzene rings is 1. The van der Waals surface area contributed by atoms with Crippen LogP contribution >= 0.6 is 0 Å². The van der Waals surface area contributed by atoms with E-state index in [2.05, 4.69) is 0 Å². The molecule has 1 aromatic rings. The molecule has 1 aromatic carbocycles. The van der Waals surface area contributed by atoms with E-state index in [4.69, 9.17) is 9.47 Å². The summed E-state index contributed by atoms with van der Waals surface area (Å²) in [5.41, 5.74) is -0.552. The molecule has 0 aliphatic carbocycles. The van der Waals surface area contributed by atoms with Gasteiger partial charge in [-0.3, -0.25) is 14.9 Å². The molecule has 0 radical (unpaired) electrons. The zero-order chi connectivity index (χ0) is 22.1. The number of amides is 2. The van der Waals surface area contributed by atoms with E-state index in [-0.39, 0.29) is 42.7 Å². The minimum atomic E-state index is -0.633. The van der Waals surface area contributed by atoms with Crippen LogP contribution in [0.15, 0.2) is 24.3 Å². The molecule has 0 saturated carbocycles. The van der Waals surface area contributed by atoms with Crippen LogP contribution in [0.3, 0.4) is 0 Å². The summed E-state index contributed by atoms with van der Waals surface area (Å²) in [6, 6.07) is 4.89. The fourth-order valence-electron chi connectivity index (χ4n) is 3.59. The number of nitro groups is 1. The Morgan fingerprint density at radius 2 is 1.83 bits per heavy atom. The fourth-order valence-corrected chi connectivity index (χ4v) is 3.59. The first-order valence-corrected chi connectivity index (χ1v) is 9.76. The van der Waals surface area contributed by atoms with E-state index in [0.717, 1.165) is 0 Å². The molecule has 0 aromatic heterocycles. The summed E-state index contributed by atoms with van der Waals surface area (Å²) in [6.07, 6.45) is -0.397. The van der Waals surface area contributed by atoms with Crippen LogP contribution in [0, 0.1) is 10.1 Å². The third-order valence-corrected chi connectivity index (χ3v) is 4.96. The molecule has 2 fully saturated rings. The topological polar surface area (TPSA) is 119 Å². The summed E-state index contributed by atoms with van der Waals surface area (Å²) >= 11 is 0. The van der Waals surface area contributed by atoms with Gasteiger partial charge >= 0.3 is 12.1 Å². The standard InChI is InChI=1S/C20H25N3O7/c1-20(2,3)30-19(26)21-9-8-17(24)22-12-16(10-15(22)11-21)29-18(25)13-4-6-14(7-5-13)23(27)28/h4-7,15-16H,8-12H2,1-3H3/t15-,16-/m0/s1. The highest BCUT2D eigenvalue weighted by molar-refractivity contribution is 5.90. The summed E-state index contributed by atoms with van der Waals surface area (Å²) in [6.45, 7) is 6.20. The van der Waals surface area contributed by atoms with Crippen LogP contribution in [0.1, 0.15) is 44.0 Å².